The van der Waals surface area contributed by atoms with Gasteiger partial charge in [0.1, 0.15) is 6.33 Å². The molecule has 0 saturated heterocycles. The first-order chi connectivity index (χ1) is 9.93. The molecular weight excluding hydrogens is 292 g/mol. The van der Waals surface area contributed by atoms with Crippen LogP contribution in [-0.4, -0.2) is 53.0 Å². The van der Waals surface area contributed by atoms with Crippen molar-refractivity contribution < 1.29 is 13.2 Å². The van der Waals surface area contributed by atoms with Crippen molar-refractivity contribution in [1.82, 2.24) is 19.7 Å². The molecule has 0 spiro atoms. The Hall–Kier alpha value is -1.44. The summed E-state index contributed by atoms with van der Waals surface area (Å²) in [6, 6.07) is -0.376. The molecule has 7 nitrogen and oxygen atoms in total. The standard InChI is InChI=1S/C13H20N4O3S/c1-3-16(2)13(18)17-8-14-12(15-17)21(19,20)11-7-9-4-5-10(11)6-9/h8-11H,3-7H2,1-2H3/t9-,10+,11-/m1/s1. The molecule has 0 radical (unpaired) electrons. The predicted molar refractivity (Wildman–Crippen MR) is 75.5 cm³/mol. The van der Waals surface area contributed by atoms with Crippen LogP contribution in [0.5, 0.6) is 0 Å². The molecular formula is C13H20N4O3S. The monoisotopic (exact) mass is 312 g/mol. The summed E-state index contributed by atoms with van der Waals surface area (Å²) in [6.07, 6.45) is 5.02. The van der Waals surface area contributed by atoms with E-state index in [4.69, 9.17) is 0 Å². The number of carbonyl (C=O) groups is 1. The average molecular weight is 312 g/mol. The van der Waals surface area contributed by atoms with Crippen molar-refractivity contribution in [2.45, 2.75) is 43.0 Å². The van der Waals surface area contributed by atoms with Gasteiger partial charge in [0.2, 0.25) is 9.84 Å². The van der Waals surface area contributed by atoms with Crippen LogP contribution in [0.1, 0.15) is 32.6 Å². The van der Waals surface area contributed by atoms with E-state index in [0.717, 1.165) is 23.9 Å². The molecule has 1 heterocycles. The lowest BCUT2D eigenvalue weighted by Crippen LogP contribution is -2.32. The lowest BCUT2D eigenvalue weighted by molar-refractivity contribution is 0.209. The van der Waals surface area contributed by atoms with Crippen molar-refractivity contribution in [3.63, 3.8) is 0 Å². The molecule has 2 aliphatic carbocycles. The summed E-state index contributed by atoms with van der Waals surface area (Å²) in [6.45, 7) is 2.36. The highest BCUT2D eigenvalue weighted by Crippen LogP contribution is 2.48. The topological polar surface area (TPSA) is 85.2 Å². The third kappa shape index (κ3) is 2.35. The minimum atomic E-state index is -3.53. The molecule has 0 unspecified atom stereocenters. The molecule has 1 amide bonds. The third-order valence-corrected chi connectivity index (χ3v) is 6.86. The smallest absolute Gasteiger partial charge is 0.326 e. The highest BCUT2D eigenvalue weighted by molar-refractivity contribution is 7.91. The van der Waals surface area contributed by atoms with Crippen molar-refractivity contribution in [1.29, 1.82) is 0 Å². The molecule has 1 aromatic heterocycles. The zero-order valence-electron chi connectivity index (χ0n) is 12.3. The van der Waals surface area contributed by atoms with E-state index in [0.29, 0.717) is 18.9 Å². The largest absolute Gasteiger partial charge is 0.345 e. The molecule has 21 heavy (non-hydrogen) atoms. The summed E-state index contributed by atoms with van der Waals surface area (Å²) in [7, 11) is -1.90. The number of hydrogen-bond acceptors (Lipinski definition) is 5. The van der Waals surface area contributed by atoms with Crippen LogP contribution in [0.4, 0.5) is 4.79 Å². The molecule has 0 aliphatic heterocycles. The van der Waals surface area contributed by atoms with Crippen molar-refractivity contribution in [3.05, 3.63) is 6.33 Å². The molecule has 2 fully saturated rings. The normalized spacial score (nSPS) is 28.0. The van der Waals surface area contributed by atoms with E-state index in [1.54, 1.807) is 7.05 Å². The van der Waals surface area contributed by atoms with Crippen LogP contribution in [-0.2, 0) is 9.84 Å². The van der Waals surface area contributed by atoms with Gasteiger partial charge in [0, 0.05) is 13.6 Å². The summed E-state index contributed by atoms with van der Waals surface area (Å²) >= 11 is 0. The van der Waals surface area contributed by atoms with Gasteiger partial charge >= 0.3 is 6.03 Å². The number of aromatic nitrogens is 3. The highest BCUT2D eigenvalue weighted by Gasteiger charge is 2.47. The highest BCUT2D eigenvalue weighted by atomic mass is 32.2. The van der Waals surface area contributed by atoms with Gasteiger partial charge in [-0.25, -0.2) is 18.2 Å². The van der Waals surface area contributed by atoms with E-state index in [1.165, 1.54) is 11.2 Å². The van der Waals surface area contributed by atoms with Crippen LogP contribution in [0.3, 0.4) is 0 Å². The van der Waals surface area contributed by atoms with Gasteiger partial charge in [0.15, 0.2) is 0 Å². The average Bonchev–Trinajstić information content (AvgIpc) is 3.20. The Balaban J connectivity index is 1.84. The number of fused-ring (bicyclic) bond motifs is 2. The maximum Gasteiger partial charge on any atom is 0.345 e. The number of amides is 1. The van der Waals surface area contributed by atoms with Crippen LogP contribution in [0.15, 0.2) is 11.5 Å². The second-order valence-electron chi connectivity index (χ2n) is 6.03. The molecule has 3 rings (SSSR count). The van der Waals surface area contributed by atoms with E-state index in [1.807, 2.05) is 6.92 Å². The zero-order valence-corrected chi connectivity index (χ0v) is 13.1. The van der Waals surface area contributed by atoms with Gasteiger partial charge in [-0.2, -0.15) is 4.68 Å². The maximum atomic E-state index is 12.6. The molecule has 3 atom stereocenters. The van der Waals surface area contributed by atoms with Gasteiger partial charge in [0.25, 0.3) is 5.16 Å². The Bertz CT molecular complexity index is 654. The van der Waals surface area contributed by atoms with Crippen LogP contribution in [0, 0.1) is 11.8 Å². The molecule has 2 aliphatic rings. The Morgan fingerprint density at radius 2 is 2.19 bits per heavy atom. The van der Waals surface area contributed by atoms with E-state index in [-0.39, 0.29) is 22.4 Å². The second-order valence-corrected chi connectivity index (χ2v) is 8.09. The molecule has 116 valence electrons. The SMILES string of the molecule is CCN(C)C(=O)n1cnc(S(=O)(=O)[C@@H]2C[C@@H]3CC[C@H]2C3)n1. The summed E-state index contributed by atoms with van der Waals surface area (Å²) in [5, 5.41) is 3.33. The van der Waals surface area contributed by atoms with Crippen LogP contribution < -0.4 is 0 Å². The first-order valence-electron chi connectivity index (χ1n) is 7.34. The van der Waals surface area contributed by atoms with Gasteiger partial charge in [-0.3, -0.25) is 0 Å². The fraction of sp³-hybridized carbons (Fsp3) is 0.769. The van der Waals surface area contributed by atoms with Crippen molar-refractivity contribution >= 4 is 15.9 Å². The Labute approximate surface area is 124 Å². The van der Waals surface area contributed by atoms with Gasteiger partial charge in [-0.15, -0.1) is 5.10 Å². The molecule has 1 aromatic rings. The van der Waals surface area contributed by atoms with Gasteiger partial charge in [-0.1, -0.05) is 6.42 Å². The minimum Gasteiger partial charge on any atom is -0.326 e. The zero-order chi connectivity index (χ0) is 15.2. The molecule has 2 saturated carbocycles. The lowest BCUT2D eigenvalue weighted by Gasteiger charge is -2.19. The molecule has 0 aromatic carbocycles. The molecule has 8 heteroatoms. The third-order valence-electron chi connectivity index (χ3n) is 4.79. The second kappa shape index (κ2) is 5.08. The first-order valence-corrected chi connectivity index (χ1v) is 8.89. The lowest BCUT2D eigenvalue weighted by atomic mass is 10.0. The summed E-state index contributed by atoms with van der Waals surface area (Å²) < 4.78 is 26.3. The van der Waals surface area contributed by atoms with Crippen LogP contribution in [0.2, 0.25) is 0 Å². The number of sulfone groups is 1. The van der Waals surface area contributed by atoms with E-state index in [9.17, 15) is 13.2 Å². The van der Waals surface area contributed by atoms with E-state index >= 15 is 0 Å². The molecule has 0 N–H and O–H groups in total. The minimum absolute atomic E-state index is 0.210. The number of nitrogens with zero attached hydrogens (tertiary/aromatic N) is 4. The number of rotatable bonds is 3. The fourth-order valence-corrected chi connectivity index (χ4v) is 5.43. The van der Waals surface area contributed by atoms with Crippen molar-refractivity contribution in [3.8, 4) is 0 Å². The van der Waals surface area contributed by atoms with Gasteiger partial charge in [-0.05, 0) is 38.0 Å². The number of hydrogen-bond donors (Lipinski definition) is 0. The van der Waals surface area contributed by atoms with Crippen LogP contribution in [0.25, 0.3) is 0 Å². The Morgan fingerprint density at radius 1 is 1.43 bits per heavy atom. The Kier molecular flexibility index (Phi) is 3.51. The first kappa shape index (κ1) is 14.5. The van der Waals surface area contributed by atoms with Gasteiger partial charge in [0.05, 0.1) is 5.25 Å². The fourth-order valence-electron chi connectivity index (χ4n) is 3.48. The Morgan fingerprint density at radius 3 is 2.76 bits per heavy atom. The predicted octanol–water partition coefficient (Wildman–Crippen LogP) is 1.16. The summed E-state index contributed by atoms with van der Waals surface area (Å²) in [5.41, 5.74) is 0. The maximum absolute atomic E-state index is 12.6. The van der Waals surface area contributed by atoms with Crippen molar-refractivity contribution in [2.75, 3.05) is 13.6 Å². The van der Waals surface area contributed by atoms with E-state index < -0.39 is 9.84 Å². The van der Waals surface area contributed by atoms with Gasteiger partial charge < -0.3 is 4.90 Å². The van der Waals surface area contributed by atoms with Crippen LogP contribution >= 0.6 is 0 Å². The van der Waals surface area contributed by atoms with Crippen molar-refractivity contribution in [2.24, 2.45) is 11.8 Å². The molecule has 2 bridgehead atoms. The number of carbonyl (C=O) groups excluding carboxylic acids is 1. The summed E-state index contributed by atoms with van der Waals surface area (Å²) in [5.74, 6) is 0.769. The summed E-state index contributed by atoms with van der Waals surface area (Å²) in [4.78, 5) is 17.3. The quantitative estimate of drug-likeness (QED) is 0.836. The van der Waals surface area contributed by atoms with E-state index in [2.05, 4.69) is 10.1 Å².